The molecule has 2 amide bonds. The van der Waals surface area contributed by atoms with Gasteiger partial charge in [-0.15, -0.1) is 0 Å². The van der Waals surface area contributed by atoms with Crippen LogP contribution in [-0.4, -0.2) is 24.1 Å². The van der Waals surface area contributed by atoms with Crippen LogP contribution >= 0.6 is 15.9 Å². The Balaban J connectivity index is 1.77. The van der Waals surface area contributed by atoms with E-state index in [-0.39, 0.29) is 6.54 Å². The van der Waals surface area contributed by atoms with Gasteiger partial charge in [0.05, 0.1) is 6.54 Å². The maximum absolute atomic E-state index is 12.4. The summed E-state index contributed by atoms with van der Waals surface area (Å²) in [4.78, 5) is 38.2. The first kappa shape index (κ1) is 15.4. The van der Waals surface area contributed by atoms with Crippen molar-refractivity contribution >= 4 is 44.9 Å². The highest BCUT2D eigenvalue weighted by atomic mass is 79.9. The normalized spacial score (nSPS) is 17.4. The van der Waals surface area contributed by atoms with Gasteiger partial charge in [0.2, 0.25) is 11.8 Å². The first-order valence-corrected chi connectivity index (χ1v) is 7.81. The predicted octanol–water partition coefficient (Wildman–Crippen LogP) is 2.62. The number of para-hydroxylation sites is 1. The number of hydrogen-bond acceptors (Lipinski definition) is 3. The van der Waals surface area contributed by atoms with Crippen LogP contribution in [0.5, 0.6) is 0 Å². The monoisotopic (exact) mass is 372 g/mol. The number of nitrogens with zero attached hydrogens (tertiary/aromatic N) is 1. The molecule has 116 valence electrons. The molecule has 1 aliphatic rings. The third-order valence-corrected chi connectivity index (χ3v) is 4.12. The molecule has 3 rings (SSSR count). The third kappa shape index (κ3) is 3.17. The minimum absolute atomic E-state index is 0.0821. The maximum Gasteiger partial charge on any atom is 0.247 e. The lowest BCUT2D eigenvalue weighted by molar-refractivity contribution is -0.134. The molecule has 0 bridgehead atoms. The molecule has 1 aliphatic heterocycles. The van der Waals surface area contributed by atoms with Crippen molar-refractivity contribution in [3.05, 3.63) is 59.1 Å². The number of carbonyl (C=O) groups is 3. The maximum atomic E-state index is 12.4. The Hall–Kier alpha value is -2.47. The molecule has 0 aliphatic carbocycles. The molecule has 2 aromatic rings. The zero-order chi connectivity index (χ0) is 16.4. The van der Waals surface area contributed by atoms with Crippen LogP contribution in [0.15, 0.2) is 59.1 Å². The van der Waals surface area contributed by atoms with Crippen LogP contribution in [0.1, 0.15) is 0 Å². The Labute approximate surface area is 141 Å². The Morgan fingerprint density at radius 2 is 1.70 bits per heavy atom. The van der Waals surface area contributed by atoms with Crippen LogP contribution < -0.4 is 10.2 Å². The first-order chi connectivity index (χ1) is 11.1. The van der Waals surface area contributed by atoms with Crippen molar-refractivity contribution in [1.29, 1.82) is 0 Å². The number of Topliss-reactive ketones (excluding diaryl/α,β-unsaturated/α-hetero) is 1. The number of benzene rings is 2. The fourth-order valence-corrected chi connectivity index (χ4v) is 2.72. The Morgan fingerprint density at radius 3 is 2.35 bits per heavy atom. The predicted molar refractivity (Wildman–Crippen MR) is 90.1 cm³/mol. The van der Waals surface area contributed by atoms with E-state index in [1.54, 1.807) is 48.5 Å². The van der Waals surface area contributed by atoms with Gasteiger partial charge in [-0.1, -0.05) is 34.1 Å². The fraction of sp³-hybridized carbons (Fsp3) is 0.118. The number of halogens is 1. The Morgan fingerprint density at radius 1 is 1.04 bits per heavy atom. The smallest absolute Gasteiger partial charge is 0.247 e. The summed E-state index contributed by atoms with van der Waals surface area (Å²) in [7, 11) is 0. The summed E-state index contributed by atoms with van der Waals surface area (Å²) < 4.78 is 0.874. The standard InChI is InChI=1S/C17H13BrN2O3/c18-11-6-8-12(9-7-11)19-16(22)15-14(21)10-20(17(15)23)13-4-2-1-3-5-13/h1-9,15H,10H2,(H,19,22)/t15-/m1/s1. The summed E-state index contributed by atoms with van der Waals surface area (Å²) in [6.07, 6.45) is 0. The number of ketones is 1. The summed E-state index contributed by atoms with van der Waals surface area (Å²) in [5.74, 6) is -2.77. The highest BCUT2D eigenvalue weighted by Crippen LogP contribution is 2.24. The summed E-state index contributed by atoms with van der Waals surface area (Å²) >= 11 is 3.30. The molecule has 23 heavy (non-hydrogen) atoms. The van der Waals surface area contributed by atoms with Gasteiger partial charge < -0.3 is 10.2 Å². The van der Waals surface area contributed by atoms with Gasteiger partial charge in [-0.05, 0) is 36.4 Å². The van der Waals surface area contributed by atoms with Gasteiger partial charge in [0.1, 0.15) is 0 Å². The number of amides is 2. The van der Waals surface area contributed by atoms with Crippen LogP contribution in [-0.2, 0) is 14.4 Å². The number of rotatable bonds is 3. The summed E-state index contributed by atoms with van der Waals surface area (Å²) in [5.41, 5.74) is 1.15. The summed E-state index contributed by atoms with van der Waals surface area (Å²) in [6, 6.07) is 15.8. The molecular formula is C17H13BrN2O3. The summed E-state index contributed by atoms with van der Waals surface area (Å²) in [5, 5.41) is 2.62. The van der Waals surface area contributed by atoms with E-state index < -0.39 is 23.5 Å². The minimum atomic E-state index is -1.29. The summed E-state index contributed by atoms with van der Waals surface area (Å²) in [6.45, 7) is -0.0821. The van der Waals surface area contributed by atoms with E-state index in [1.807, 2.05) is 6.07 Å². The van der Waals surface area contributed by atoms with Gasteiger partial charge in [-0.25, -0.2) is 0 Å². The van der Waals surface area contributed by atoms with E-state index in [1.165, 1.54) is 4.90 Å². The third-order valence-electron chi connectivity index (χ3n) is 3.59. The molecule has 1 heterocycles. The molecule has 5 nitrogen and oxygen atoms in total. The lowest BCUT2D eigenvalue weighted by atomic mass is 10.1. The lowest BCUT2D eigenvalue weighted by Gasteiger charge is -2.15. The van der Waals surface area contributed by atoms with Crippen molar-refractivity contribution in [2.45, 2.75) is 0 Å². The SMILES string of the molecule is O=C1CN(c2ccccc2)C(=O)[C@H]1C(=O)Nc1ccc(Br)cc1. The van der Waals surface area contributed by atoms with Gasteiger partial charge in [0.15, 0.2) is 11.7 Å². The quantitative estimate of drug-likeness (QED) is 0.842. The minimum Gasteiger partial charge on any atom is -0.325 e. The van der Waals surface area contributed by atoms with Crippen LogP contribution in [0, 0.1) is 5.92 Å². The molecule has 6 heteroatoms. The van der Waals surface area contributed by atoms with E-state index in [0.717, 1.165) is 4.47 Å². The number of nitrogens with one attached hydrogen (secondary N) is 1. The molecule has 0 unspecified atom stereocenters. The highest BCUT2D eigenvalue weighted by molar-refractivity contribution is 9.10. The van der Waals surface area contributed by atoms with Crippen LogP contribution in [0.2, 0.25) is 0 Å². The second-order valence-electron chi connectivity index (χ2n) is 5.16. The molecule has 0 aromatic heterocycles. The second-order valence-corrected chi connectivity index (χ2v) is 6.07. The zero-order valence-electron chi connectivity index (χ0n) is 12.0. The van der Waals surface area contributed by atoms with Gasteiger partial charge in [0.25, 0.3) is 0 Å². The zero-order valence-corrected chi connectivity index (χ0v) is 13.6. The van der Waals surface area contributed by atoms with Crippen molar-refractivity contribution in [2.24, 2.45) is 5.92 Å². The lowest BCUT2D eigenvalue weighted by Crippen LogP contribution is -2.34. The van der Waals surface area contributed by atoms with Gasteiger partial charge in [-0.3, -0.25) is 14.4 Å². The van der Waals surface area contributed by atoms with E-state index in [0.29, 0.717) is 11.4 Å². The molecule has 1 fully saturated rings. The Kier molecular flexibility index (Phi) is 4.25. The van der Waals surface area contributed by atoms with E-state index in [9.17, 15) is 14.4 Å². The van der Waals surface area contributed by atoms with Gasteiger partial charge in [0, 0.05) is 15.8 Å². The highest BCUT2D eigenvalue weighted by Gasteiger charge is 2.44. The molecule has 1 saturated heterocycles. The van der Waals surface area contributed by atoms with Crippen molar-refractivity contribution in [2.75, 3.05) is 16.8 Å². The molecule has 0 saturated carbocycles. The number of anilines is 2. The van der Waals surface area contributed by atoms with Crippen LogP contribution in [0.25, 0.3) is 0 Å². The molecule has 0 spiro atoms. The molecule has 1 atom stereocenters. The second kappa shape index (κ2) is 6.34. The number of hydrogen-bond donors (Lipinski definition) is 1. The Bertz CT molecular complexity index is 759. The van der Waals surface area contributed by atoms with Gasteiger partial charge in [-0.2, -0.15) is 0 Å². The molecule has 0 radical (unpaired) electrons. The van der Waals surface area contributed by atoms with Crippen LogP contribution in [0.4, 0.5) is 11.4 Å². The van der Waals surface area contributed by atoms with Crippen LogP contribution in [0.3, 0.4) is 0 Å². The molecular weight excluding hydrogens is 360 g/mol. The molecule has 2 aromatic carbocycles. The average molecular weight is 373 g/mol. The largest absolute Gasteiger partial charge is 0.325 e. The van der Waals surface area contributed by atoms with Crippen molar-refractivity contribution in [1.82, 2.24) is 0 Å². The van der Waals surface area contributed by atoms with Crippen molar-refractivity contribution < 1.29 is 14.4 Å². The molecule has 1 N–H and O–H groups in total. The van der Waals surface area contributed by atoms with E-state index in [4.69, 9.17) is 0 Å². The van der Waals surface area contributed by atoms with Gasteiger partial charge >= 0.3 is 0 Å². The van der Waals surface area contributed by atoms with Crippen molar-refractivity contribution in [3.63, 3.8) is 0 Å². The fourth-order valence-electron chi connectivity index (χ4n) is 2.45. The number of carbonyl (C=O) groups excluding carboxylic acids is 3. The topological polar surface area (TPSA) is 66.5 Å². The average Bonchev–Trinajstić information content (AvgIpc) is 2.85. The van der Waals surface area contributed by atoms with Crippen molar-refractivity contribution in [3.8, 4) is 0 Å². The van der Waals surface area contributed by atoms with E-state index in [2.05, 4.69) is 21.2 Å². The first-order valence-electron chi connectivity index (χ1n) is 7.02. The van der Waals surface area contributed by atoms with E-state index >= 15 is 0 Å².